The molecule has 184 valence electrons. The van der Waals surface area contributed by atoms with Crippen LogP contribution in [0.15, 0.2) is 84.2 Å². The quantitative estimate of drug-likeness (QED) is 0.361. The standard InChI is InChI=1S/C28H21F2N5O2/c29-23-6-5-18(14-24(23)30)28(8-9-28)35-12-2-4-21(27(35)37)26(36)34-15-19-13-17(7-11-31-19)22-16-33-25-20(22)3-1-10-32-25/h1-7,10-14,16H,8-9,15H2,(H,32,33)(H,34,36). The molecule has 0 bridgehead atoms. The van der Waals surface area contributed by atoms with Crippen LogP contribution in [-0.2, 0) is 12.1 Å². The summed E-state index contributed by atoms with van der Waals surface area (Å²) in [6, 6.07) is 14.3. The van der Waals surface area contributed by atoms with Gasteiger partial charge in [0.25, 0.3) is 11.5 Å². The van der Waals surface area contributed by atoms with Gasteiger partial charge in [-0.3, -0.25) is 14.6 Å². The molecule has 1 aliphatic rings. The van der Waals surface area contributed by atoms with Crippen molar-refractivity contribution in [3.63, 3.8) is 0 Å². The molecule has 2 N–H and O–H groups in total. The maximum absolute atomic E-state index is 13.9. The van der Waals surface area contributed by atoms with Gasteiger partial charge in [0, 0.05) is 35.7 Å². The van der Waals surface area contributed by atoms with Crippen LogP contribution >= 0.6 is 0 Å². The molecular weight excluding hydrogens is 476 g/mol. The van der Waals surface area contributed by atoms with Crippen molar-refractivity contribution < 1.29 is 13.6 Å². The molecule has 0 unspecified atom stereocenters. The number of fused-ring (bicyclic) bond motifs is 1. The summed E-state index contributed by atoms with van der Waals surface area (Å²) in [6.45, 7) is 0.121. The third kappa shape index (κ3) is 3.98. The van der Waals surface area contributed by atoms with Crippen LogP contribution in [0.25, 0.3) is 22.2 Å². The molecule has 0 spiro atoms. The maximum Gasteiger partial charge on any atom is 0.264 e. The second-order valence-corrected chi connectivity index (χ2v) is 9.08. The summed E-state index contributed by atoms with van der Waals surface area (Å²) < 4.78 is 28.8. The number of hydrogen-bond donors (Lipinski definition) is 2. The maximum atomic E-state index is 13.9. The predicted octanol–water partition coefficient (Wildman–Crippen LogP) is 4.53. The number of carbonyl (C=O) groups excluding carboxylic acids is 1. The van der Waals surface area contributed by atoms with Gasteiger partial charge in [-0.2, -0.15) is 0 Å². The summed E-state index contributed by atoms with van der Waals surface area (Å²) >= 11 is 0. The van der Waals surface area contributed by atoms with E-state index in [0.29, 0.717) is 24.1 Å². The lowest BCUT2D eigenvalue weighted by Gasteiger charge is -2.20. The monoisotopic (exact) mass is 497 g/mol. The summed E-state index contributed by atoms with van der Waals surface area (Å²) in [5.74, 6) is -2.45. The lowest BCUT2D eigenvalue weighted by molar-refractivity contribution is 0.0948. The Morgan fingerprint density at radius 1 is 1.03 bits per heavy atom. The van der Waals surface area contributed by atoms with Crippen molar-refractivity contribution in [2.45, 2.75) is 24.9 Å². The average Bonchev–Trinajstić information content (AvgIpc) is 3.61. The average molecular weight is 498 g/mol. The van der Waals surface area contributed by atoms with E-state index in [1.54, 1.807) is 24.7 Å². The van der Waals surface area contributed by atoms with Crippen LogP contribution in [0.5, 0.6) is 0 Å². The van der Waals surface area contributed by atoms with Crippen molar-refractivity contribution in [3.05, 3.63) is 118 Å². The molecule has 7 nitrogen and oxygen atoms in total. The SMILES string of the molecule is O=C(NCc1cc(-c2c[nH]c3ncccc23)ccn1)c1cccn(C2(c3ccc(F)c(F)c3)CC2)c1=O. The smallest absolute Gasteiger partial charge is 0.264 e. The molecule has 1 amide bonds. The number of pyridine rings is 3. The molecule has 1 saturated carbocycles. The van der Waals surface area contributed by atoms with Crippen LogP contribution in [0.3, 0.4) is 0 Å². The van der Waals surface area contributed by atoms with Gasteiger partial charge in [-0.15, -0.1) is 0 Å². The zero-order valence-electron chi connectivity index (χ0n) is 19.5. The van der Waals surface area contributed by atoms with E-state index >= 15 is 0 Å². The van der Waals surface area contributed by atoms with Crippen LogP contribution in [0.1, 0.15) is 34.5 Å². The normalized spacial score (nSPS) is 14.0. The van der Waals surface area contributed by atoms with Gasteiger partial charge in [0.15, 0.2) is 11.6 Å². The van der Waals surface area contributed by atoms with E-state index in [1.165, 1.54) is 16.7 Å². The number of halogens is 2. The first-order valence-corrected chi connectivity index (χ1v) is 11.8. The molecule has 0 saturated heterocycles. The summed E-state index contributed by atoms with van der Waals surface area (Å²) in [6.07, 6.45) is 8.01. The number of H-pyrrole nitrogens is 1. The molecule has 1 fully saturated rings. The van der Waals surface area contributed by atoms with Gasteiger partial charge in [-0.25, -0.2) is 13.8 Å². The van der Waals surface area contributed by atoms with Crippen molar-refractivity contribution in [2.24, 2.45) is 0 Å². The number of benzene rings is 1. The zero-order valence-corrected chi connectivity index (χ0v) is 19.5. The molecule has 1 aromatic carbocycles. The summed E-state index contributed by atoms with van der Waals surface area (Å²) in [5.41, 5.74) is 2.48. The van der Waals surface area contributed by atoms with E-state index in [1.807, 2.05) is 30.5 Å². The van der Waals surface area contributed by atoms with Gasteiger partial charge in [0.2, 0.25) is 0 Å². The Bertz CT molecular complexity index is 1720. The minimum Gasteiger partial charge on any atom is -0.346 e. The summed E-state index contributed by atoms with van der Waals surface area (Å²) in [5, 5.41) is 3.75. The highest BCUT2D eigenvalue weighted by molar-refractivity contribution is 5.94. The predicted molar refractivity (Wildman–Crippen MR) is 134 cm³/mol. The molecule has 4 aromatic heterocycles. The fourth-order valence-corrected chi connectivity index (χ4v) is 4.78. The van der Waals surface area contributed by atoms with Gasteiger partial charge >= 0.3 is 0 Å². The number of aromatic nitrogens is 4. The molecule has 9 heteroatoms. The molecule has 1 aliphatic carbocycles. The van der Waals surface area contributed by atoms with Gasteiger partial charge in [0.1, 0.15) is 11.2 Å². The minimum absolute atomic E-state index is 0.0322. The van der Waals surface area contributed by atoms with E-state index in [4.69, 9.17) is 0 Å². The van der Waals surface area contributed by atoms with Crippen LogP contribution in [0.2, 0.25) is 0 Å². The Morgan fingerprint density at radius 3 is 2.70 bits per heavy atom. The number of hydrogen-bond acceptors (Lipinski definition) is 4. The van der Waals surface area contributed by atoms with Gasteiger partial charge < -0.3 is 14.9 Å². The molecule has 0 radical (unpaired) electrons. The third-order valence-corrected chi connectivity index (χ3v) is 6.84. The topological polar surface area (TPSA) is 92.7 Å². The fraction of sp³-hybridized carbons (Fsp3) is 0.143. The van der Waals surface area contributed by atoms with Gasteiger partial charge in [0.05, 0.1) is 17.8 Å². The molecule has 4 heterocycles. The fourth-order valence-electron chi connectivity index (χ4n) is 4.78. The zero-order chi connectivity index (χ0) is 25.6. The third-order valence-electron chi connectivity index (χ3n) is 6.84. The van der Waals surface area contributed by atoms with Crippen LogP contribution in [0.4, 0.5) is 8.78 Å². The summed E-state index contributed by atoms with van der Waals surface area (Å²) in [4.78, 5) is 38.1. The molecule has 0 aliphatic heterocycles. The minimum atomic E-state index is -0.968. The van der Waals surface area contributed by atoms with E-state index in [2.05, 4.69) is 20.3 Å². The number of amides is 1. The number of nitrogens with zero attached hydrogens (tertiary/aromatic N) is 3. The van der Waals surface area contributed by atoms with E-state index in [9.17, 15) is 18.4 Å². The molecule has 37 heavy (non-hydrogen) atoms. The molecule has 6 rings (SSSR count). The van der Waals surface area contributed by atoms with Crippen LogP contribution < -0.4 is 10.9 Å². The summed E-state index contributed by atoms with van der Waals surface area (Å²) in [7, 11) is 0. The van der Waals surface area contributed by atoms with Crippen molar-refractivity contribution in [1.29, 1.82) is 0 Å². The largest absolute Gasteiger partial charge is 0.346 e. The Hall–Kier alpha value is -4.66. The highest BCUT2D eigenvalue weighted by Gasteiger charge is 2.47. The lowest BCUT2D eigenvalue weighted by Crippen LogP contribution is -2.37. The van der Waals surface area contributed by atoms with Crippen LogP contribution in [-0.4, -0.2) is 25.4 Å². The van der Waals surface area contributed by atoms with Gasteiger partial charge in [-0.05, 0) is 72.5 Å². The lowest BCUT2D eigenvalue weighted by atomic mass is 10.0. The number of carbonyl (C=O) groups is 1. The molecule has 0 atom stereocenters. The van der Waals surface area contributed by atoms with Crippen molar-refractivity contribution in [3.8, 4) is 11.1 Å². The van der Waals surface area contributed by atoms with E-state index < -0.39 is 28.6 Å². The Morgan fingerprint density at radius 2 is 1.89 bits per heavy atom. The second kappa shape index (κ2) is 8.77. The van der Waals surface area contributed by atoms with Crippen molar-refractivity contribution >= 4 is 16.9 Å². The molecular formula is C28H21F2N5O2. The van der Waals surface area contributed by atoms with Gasteiger partial charge in [-0.1, -0.05) is 6.07 Å². The van der Waals surface area contributed by atoms with Crippen molar-refractivity contribution in [2.75, 3.05) is 0 Å². The van der Waals surface area contributed by atoms with Crippen LogP contribution in [0, 0.1) is 11.6 Å². The Labute approximate surface area is 209 Å². The van der Waals surface area contributed by atoms with E-state index in [-0.39, 0.29) is 12.1 Å². The number of aromatic amines is 1. The Balaban J connectivity index is 1.23. The highest BCUT2D eigenvalue weighted by Crippen LogP contribution is 2.48. The Kier molecular flexibility index (Phi) is 5.40. The number of nitrogens with one attached hydrogen (secondary N) is 2. The first-order chi connectivity index (χ1) is 18.0. The first-order valence-electron chi connectivity index (χ1n) is 11.8. The van der Waals surface area contributed by atoms with E-state index in [0.717, 1.165) is 34.3 Å². The second-order valence-electron chi connectivity index (χ2n) is 9.08. The highest BCUT2D eigenvalue weighted by atomic mass is 19.2. The molecule has 5 aromatic rings. The first kappa shape index (κ1) is 22.8. The number of rotatable bonds is 6. The van der Waals surface area contributed by atoms with Crippen molar-refractivity contribution in [1.82, 2.24) is 24.8 Å².